The molecule has 2 rings (SSSR count). The summed E-state index contributed by atoms with van der Waals surface area (Å²) in [6.07, 6.45) is -0.0611. The monoisotopic (exact) mass is 262 g/mol. The van der Waals surface area contributed by atoms with Crippen LogP contribution in [0.4, 0.5) is 10.5 Å². The summed E-state index contributed by atoms with van der Waals surface area (Å²) in [5.41, 5.74) is 0.181. The third kappa shape index (κ3) is 2.54. The van der Waals surface area contributed by atoms with Crippen LogP contribution in [0.2, 0.25) is 0 Å². The maximum atomic E-state index is 11.0. The summed E-state index contributed by atoms with van der Waals surface area (Å²) >= 11 is 0. The predicted molar refractivity (Wildman–Crippen MR) is 66.4 cm³/mol. The van der Waals surface area contributed by atoms with Crippen LogP contribution in [-0.2, 0) is 4.79 Å². The predicted octanol–water partition coefficient (Wildman–Crippen LogP) is 1.96. The molecule has 0 atom stereocenters. The molecule has 1 amide bonds. The molecule has 0 aliphatic heterocycles. The van der Waals surface area contributed by atoms with Gasteiger partial charge in [0.2, 0.25) is 5.91 Å². The van der Waals surface area contributed by atoms with Crippen LogP contribution in [0, 0.1) is 0 Å². The minimum Gasteiger partial charge on any atom is -0.504 e. The first-order valence-corrected chi connectivity index (χ1v) is 5.28. The van der Waals surface area contributed by atoms with Crippen LogP contribution >= 0.6 is 0 Å². The molecular formula is C12H10N2O5. The maximum Gasteiger partial charge on any atom is 0.511 e. The molecule has 7 heteroatoms. The van der Waals surface area contributed by atoms with Crippen molar-refractivity contribution in [3.63, 3.8) is 0 Å². The molecule has 0 bridgehead atoms. The zero-order valence-electron chi connectivity index (χ0n) is 9.88. The number of phenolic OH excluding ortho intramolecular Hbond substituents is 1. The van der Waals surface area contributed by atoms with Gasteiger partial charge in [0, 0.05) is 24.6 Å². The van der Waals surface area contributed by atoms with Gasteiger partial charge < -0.3 is 20.3 Å². The molecule has 0 radical (unpaired) electrons. The van der Waals surface area contributed by atoms with E-state index in [-0.39, 0.29) is 22.7 Å². The van der Waals surface area contributed by atoms with Gasteiger partial charge in [-0.15, -0.1) is 0 Å². The fraction of sp³-hybridized carbons (Fsp3) is 0.0833. The first-order valence-electron chi connectivity index (χ1n) is 5.28. The van der Waals surface area contributed by atoms with Crippen molar-refractivity contribution < 1.29 is 24.5 Å². The summed E-state index contributed by atoms with van der Waals surface area (Å²) in [5.74, 6) is -0.674. The van der Waals surface area contributed by atoms with Crippen LogP contribution < -0.4 is 10.1 Å². The highest BCUT2D eigenvalue weighted by Crippen LogP contribution is 2.37. The van der Waals surface area contributed by atoms with Gasteiger partial charge in [0.1, 0.15) is 11.3 Å². The van der Waals surface area contributed by atoms with E-state index in [0.717, 1.165) is 0 Å². The Morgan fingerprint density at radius 3 is 2.79 bits per heavy atom. The molecule has 7 nitrogen and oxygen atoms in total. The maximum absolute atomic E-state index is 11.0. The standard InChI is InChI=1S/C12H10N2O5/c1-6(15)14-8-5-9(19-12(17)18)7-3-2-4-13-10(7)11(8)16/h2-5,16H,1H3,(H,14,15)(H,17,18). The average Bonchev–Trinajstić information content (AvgIpc) is 2.34. The van der Waals surface area contributed by atoms with Crippen LogP contribution in [0.5, 0.6) is 11.5 Å². The van der Waals surface area contributed by atoms with Gasteiger partial charge in [-0.3, -0.25) is 9.78 Å². The second-order valence-electron chi connectivity index (χ2n) is 3.72. The molecule has 0 saturated carbocycles. The third-order valence-electron chi connectivity index (χ3n) is 2.34. The minimum atomic E-state index is -1.50. The van der Waals surface area contributed by atoms with Gasteiger partial charge in [-0.25, -0.2) is 4.79 Å². The van der Waals surface area contributed by atoms with E-state index in [0.29, 0.717) is 5.39 Å². The lowest BCUT2D eigenvalue weighted by atomic mass is 10.1. The van der Waals surface area contributed by atoms with E-state index in [4.69, 9.17) is 5.11 Å². The third-order valence-corrected chi connectivity index (χ3v) is 2.34. The van der Waals surface area contributed by atoms with Crippen LogP contribution in [0.3, 0.4) is 0 Å². The van der Waals surface area contributed by atoms with E-state index in [2.05, 4.69) is 15.0 Å². The molecule has 0 spiro atoms. The zero-order chi connectivity index (χ0) is 14.0. The van der Waals surface area contributed by atoms with E-state index in [1.165, 1.54) is 19.2 Å². The van der Waals surface area contributed by atoms with Crippen molar-refractivity contribution in [2.45, 2.75) is 6.92 Å². The van der Waals surface area contributed by atoms with Crippen molar-refractivity contribution in [2.24, 2.45) is 0 Å². The Bertz CT molecular complexity index is 668. The van der Waals surface area contributed by atoms with Gasteiger partial charge >= 0.3 is 6.16 Å². The van der Waals surface area contributed by atoms with Gasteiger partial charge in [-0.05, 0) is 12.1 Å². The highest BCUT2D eigenvalue weighted by atomic mass is 16.7. The number of nitrogens with zero attached hydrogens (tertiary/aromatic N) is 1. The smallest absolute Gasteiger partial charge is 0.504 e. The summed E-state index contributed by atoms with van der Waals surface area (Å²) < 4.78 is 4.62. The summed E-state index contributed by atoms with van der Waals surface area (Å²) in [6, 6.07) is 4.36. The van der Waals surface area contributed by atoms with Gasteiger partial charge in [-0.2, -0.15) is 0 Å². The van der Waals surface area contributed by atoms with Gasteiger partial charge in [-0.1, -0.05) is 0 Å². The molecule has 0 saturated heterocycles. The number of aromatic nitrogens is 1. The highest BCUT2D eigenvalue weighted by molar-refractivity contribution is 6.00. The summed E-state index contributed by atoms with van der Waals surface area (Å²) in [6.45, 7) is 1.26. The second kappa shape index (κ2) is 4.81. The van der Waals surface area contributed by atoms with Crippen molar-refractivity contribution in [1.29, 1.82) is 0 Å². The molecule has 0 aliphatic rings. The molecule has 1 aromatic carbocycles. The lowest BCUT2D eigenvalue weighted by molar-refractivity contribution is -0.114. The molecule has 3 N–H and O–H groups in total. The molecule has 98 valence electrons. The number of hydrogen-bond acceptors (Lipinski definition) is 5. The number of carbonyl (C=O) groups is 2. The molecule has 0 aliphatic carbocycles. The molecule has 2 aromatic rings. The van der Waals surface area contributed by atoms with Crippen LogP contribution in [-0.4, -0.2) is 27.3 Å². The quantitative estimate of drug-likeness (QED) is 0.433. The van der Waals surface area contributed by atoms with Gasteiger partial charge in [0.05, 0.1) is 5.69 Å². The summed E-state index contributed by atoms with van der Waals surface area (Å²) in [7, 11) is 0. The van der Waals surface area contributed by atoms with Crippen molar-refractivity contribution in [2.75, 3.05) is 5.32 Å². The Morgan fingerprint density at radius 1 is 1.42 bits per heavy atom. The number of amides is 1. The number of nitrogens with one attached hydrogen (secondary N) is 1. The molecule has 0 unspecified atom stereocenters. The van der Waals surface area contributed by atoms with Crippen molar-refractivity contribution in [3.8, 4) is 11.5 Å². The van der Waals surface area contributed by atoms with Gasteiger partial charge in [0.15, 0.2) is 5.75 Å². The molecule has 19 heavy (non-hydrogen) atoms. The van der Waals surface area contributed by atoms with E-state index >= 15 is 0 Å². The Labute approximate surface area is 107 Å². The number of aromatic hydroxyl groups is 1. The van der Waals surface area contributed by atoms with E-state index in [9.17, 15) is 14.7 Å². The largest absolute Gasteiger partial charge is 0.511 e. The Morgan fingerprint density at radius 2 is 2.16 bits per heavy atom. The van der Waals surface area contributed by atoms with E-state index in [1.54, 1.807) is 12.1 Å². The minimum absolute atomic E-state index is 0.0165. The number of pyridine rings is 1. The van der Waals surface area contributed by atoms with E-state index < -0.39 is 12.1 Å². The number of benzene rings is 1. The lowest BCUT2D eigenvalue weighted by Crippen LogP contribution is -2.08. The fourth-order valence-corrected chi connectivity index (χ4v) is 1.66. The van der Waals surface area contributed by atoms with Crippen molar-refractivity contribution in [3.05, 3.63) is 24.4 Å². The molecular weight excluding hydrogens is 252 g/mol. The first-order chi connectivity index (χ1) is 8.99. The number of anilines is 1. The normalized spacial score (nSPS) is 10.2. The van der Waals surface area contributed by atoms with E-state index in [1.807, 2.05) is 0 Å². The van der Waals surface area contributed by atoms with Crippen LogP contribution in [0.15, 0.2) is 24.4 Å². The molecule has 0 fully saturated rings. The van der Waals surface area contributed by atoms with Crippen LogP contribution in [0.1, 0.15) is 6.92 Å². The highest BCUT2D eigenvalue weighted by Gasteiger charge is 2.15. The van der Waals surface area contributed by atoms with Crippen molar-refractivity contribution in [1.82, 2.24) is 4.98 Å². The molecule has 1 aromatic heterocycles. The summed E-state index contributed by atoms with van der Waals surface area (Å²) in [4.78, 5) is 25.6. The Balaban J connectivity index is 2.68. The van der Waals surface area contributed by atoms with Gasteiger partial charge in [0.25, 0.3) is 0 Å². The van der Waals surface area contributed by atoms with Crippen molar-refractivity contribution >= 4 is 28.7 Å². The number of fused-ring (bicyclic) bond motifs is 1. The number of carboxylic acid groups (broad SMARTS) is 1. The molecule has 1 heterocycles. The Kier molecular flexibility index (Phi) is 3.19. The average molecular weight is 262 g/mol. The zero-order valence-corrected chi connectivity index (χ0v) is 9.88. The topological polar surface area (TPSA) is 109 Å². The lowest BCUT2D eigenvalue weighted by Gasteiger charge is -2.11. The number of hydrogen-bond donors (Lipinski definition) is 3. The first kappa shape index (κ1) is 12.6. The number of rotatable bonds is 2. The SMILES string of the molecule is CC(=O)Nc1cc(OC(=O)O)c2cccnc2c1O. The Hall–Kier alpha value is -2.83. The van der Waals surface area contributed by atoms with Crippen LogP contribution in [0.25, 0.3) is 10.9 Å². The summed E-state index contributed by atoms with van der Waals surface area (Å²) in [5, 5.41) is 21.4. The second-order valence-corrected chi connectivity index (χ2v) is 3.72. The number of ether oxygens (including phenoxy) is 1. The number of phenols is 1. The number of carbonyl (C=O) groups excluding carboxylic acids is 1. The fourth-order valence-electron chi connectivity index (χ4n) is 1.66.